The topological polar surface area (TPSA) is 155 Å². The van der Waals surface area contributed by atoms with Crippen molar-refractivity contribution in [3.8, 4) is 0 Å². The number of hydrogen-bond acceptors (Lipinski definition) is 10. The van der Waals surface area contributed by atoms with Gasteiger partial charge >= 0.3 is 25.7 Å². The Labute approximate surface area is 464 Å². The molecule has 3 atom stereocenters. The number of esters is 3. The zero-order valence-electron chi connectivity index (χ0n) is 48.5. The van der Waals surface area contributed by atoms with Gasteiger partial charge in [0.25, 0.3) is 0 Å². The van der Waals surface area contributed by atoms with Crippen LogP contribution in [0.5, 0.6) is 0 Å². The van der Waals surface area contributed by atoms with E-state index in [-0.39, 0.29) is 25.9 Å². The number of allylic oxidation sites excluding steroid dienone is 14. The standard InChI is InChI=1S/C64H111O11P/c1-4-7-10-13-16-19-22-25-28-29-30-31-34-37-40-43-46-49-52-55-64(68)75-61(57-71-62(66)53-50-47-44-41-38-35-32-26-23-20-17-14-11-8-5-2)59-73-76(69,70)72-58-60(56-65)74-63(67)54-51-48-45-42-39-36-33-27-24-21-18-15-12-9-6-3/h8,11,16-21,25-28,32-33,60-61,65H,4-7,9-10,12-15,22-24,29-31,34-59H2,1-3H3,(H,69,70)/b11-8-,19-16-,20-17-,21-18-,28-25-,32-26-,33-27-. The van der Waals surface area contributed by atoms with Crippen molar-refractivity contribution in [1.82, 2.24) is 0 Å². The van der Waals surface area contributed by atoms with Crippen molar-refractivity contribution in [3.63, 3.8) is 0 Å². The van der Waals surface area contributed by atoms with Gasteiger partial charge in [-0.2, -0.15) is 0 Å². The number of aliphatic hydroxyl groups is 1. The van der Waals surface area contributed by atoms with E-state index in [0.29, 0.717) is 19.3 Å². The minimum absolute atomic E-state index is 0.155. The monoisotopic (exact) mass is 1090 g/mol. The number of aliphatic hydroxyl groups excluding tert-OH is 1. The SMILES string of the molecule is CC/C=C\C/C=C\C/C=C\CCCCCCCC(=O)OCC(COP(=O)(O)OCC(CO)OC(=O)CCCCCCC/C=C\C/C=C\CCCCC)OC(=O)CCCCCCCCCCC/C=C\C/C=C\CCCCC. The van der Waals surface area contributed by atoms with Gasteiger partial charge in [0, 0.05) is 19.3 Å². The summed E-state index contributed by atoms with van der Waals surface area (Å²) >= 11 is 0. The average Bonchev–Trinajstić information content (AvgIpc) is 3.41. The molecular formula is C64H111O11P. The summed E-state index contributed by atoms with van der Waals surface area (Å²) in [6.45, 7) is 4.46. The lowest BCUT2D eigenvalue weighted by molar-refractivity contribution is -0.161. The van der Waals surface area contributed by atoms with Gasteiger partial charge in [-0.1, -0.05) is 215 Å². The van der Waals surface area contributed by atoms with Crippen molar-refractivity contribution in [1.29, 1.82) is 0 Å². The van der Waals surface area contributed by atoms with Crippen LogP contribution < -0.4 is 0 Å². The Hall–Kier alpha value is -3.34. The second-order valence-corrected chi connectivity index (χ2v) is 21.6. The molecule has 11 nitrogen and oxygen atoms in total. The molecule has 0 spiro atoms. The molecule has 0 aliphatic heterocycles. The molecular weight excluding hydrogens is 976 g/mol. The Balaban J connectivity index is 4.75. The van der Waals surface area contributed by atoms with Crippen molar-refractivity contribution < 1.29 is 52.2 Å². The van der Waals surface area contributed by atoms with Gasteiger partial charge < -0.3 is 24.2 Å². The van der Waals surface area contributed by atoms with Crippen LogP contribution in [0.25, 0.3) is 0 Å². The number of unbranched alkanes of at least 4 members (excludes halogenated alkanes) is 25. The van der Waals surface area contributed by atoms with Crippen LogP contribution in [0.1, 0.15) is 265 Å². The second-order valence-electron chi connectivity index (χ2n) is 20.1. The average molecular weight is 1090 g/mol. The van der Waals surface area contributed by atoms with Crippen LogP contribution in [-0.2, 0) is 42.2 Å². The maximum atomic E-state index is 12.9. The van der Waals surface area contributed by atoms with E-state index in [0.717, 1.165) is 128 Å². The summed E-state index contributed by atoms with van der Waals surface area (Å²) in [7, 11) is -4.76. The van der Waals surface area contributed by atoms with Crippen molar-refractivity contribution in [2.75, 3.05) is 26.4 Å². The molecule has 0 aromatic carbocycles. The summed E-state index contributed by atoms with van der Waals surface area (Å²) in [5, 5.41) is 9.83. The molecule has 0 rings (SSSR count). The van der Waals surface area contributed by atoms with E-state index < -0.39 is 57.8 Å². The van der Waals surface area contributed by atoms with Crippen molar-refractivity contribution in [2.24, 2.45) is 0 Å². The van der Waals surface area contributed by atoms with Crippen LogP contribution in [0.15, 0.2) is 85.1 Å². The molecule has 2 N–H and O–H groups in total. The molecule has 0 bridgehead atoms. The Bertz CT molecular complexity index is 1600. The first kappa shape index (κ1) is 72.7. The van der Waals surface area contributed by atoms with Gasteiger partial charge in [-0.15, -0.1) is 0 Å². The molecule has 0 fully saturated rings. The van der Waals surface area contributed by atoms with Crippen LogP contribution in [0, 0.1) is 0 Å². The quantitative estimate of drug-likeness (QED) is 0.0197. The van der Waals surface area contributed by atoms with Crippen LogP contribution in [-0.4, -0.2) is 66.5 Å². The number of phosphoric acid groups is 1. The second kappa shape index (κ2) is 57.8. The zero-order chi connectivity index (χ0) is 55.5. The van der Waals surface area contributed by atoms with Crippen LogP contribution in [0.2, 0.25) is 0 Å². The van der Waals surface area contributed by atoms with Crippen molar-refractivity contribution >= 4 is 25.7 Å². The fourth-order valence-electron chi connectivity index (χ4n) is 8.14. The molecule has 0 aromatic rings. The molecule has 3 unspecified atom stereocenters. The van der Waals surface area contributed by atoms with Gasteiger partial charge in [0.15, 0.2) is 6.10 Å². The summed E-state index contributed by atoms with van der Waals surface area (Å²) in [6.07, 6.45) is 66.7. The van der Waals surface area contributed by atoms with E-state index in [1.54, 1.807) is 0 Å². The predicted octanol–water partition coefficient (Wildman–Crippen LogP) is 18.3. The summed E-state index contributed by atoms with van der Waals surface area (Å²) in [5.74, 6) is -1.50. The number of carbonyl (C=O) groups is 3. The third-order valence-corrected chi connectivity index (χ3v) is 13.7. The molecule has 0 aliphatic carbocycles. The third kappa shape index (κ3) is 55.4. The van der Waals surface area contributed by atoms with E-state index in [1.807, 2.05) is 0 Å². The first-order valence-electron chi connectivity index (χ1n) is 30.5. The molecule has 0 aliphatic rings. The Morgan fingerprint density at radius 1 is 0.382 bits per heavy atom. The first-order valence-corrected chi connectivity index (χ1v) is 32.0. The Morgan fingerprint density at radius 2 is 0.684 bits per heavy atom. The minimum atomic E-state index is -4.76. The number of hydrogen-bond donors (Lipinski definition) is 2. The van der Waals surface area contributed by atoms with E-state index in [1.165, 1.54) is 77.0 Å². The highest BCUT2D eigenvalue weighted by molar-refractivity contribution is 7.47. The van der Waals surface area contributed by atoms with E-state index in [4.69, 9.17) is 23.3 Å². The lowest BCUT2D eigenvalue weighted by Gasteiger charge is -2.21. The predicted molar refractivity (Wildman–Crippen MR) is 316 cm³/mol. The first-order chi connectivity index (χ1) is 37.2. The molecule has 0 amide bonds. The maximum Gasteiger partial charge on any atom is 0.472 e. The van der Waals surface area contributed by atoms with Crippen molar-refractivity contribution in [3.05, 3.63) is 85.1 Å². The number of rotatable bonds is 56. The maximum absolute atomic E-state index is 12.9. The zero-order valence-corrected chi connectivity index (χ0v) is 49.3. The van der Waals surface area contributed by atoms with Gasteiger partial charge in [0.05, 0.1) is 19.8 Å². The summed E-state index contributed by atoms with van der Waals surface area (Å²) in [5.41, 5.74) is 0. The fourth-order valence-corrected chi connectivity index (χ4v) is 8.92. The third-order valence-electron chi connectivity index (χ3n) is 12.8. The van der Waals surface area contributed by atoms with Gasteiger partial charge in [-0.25, -0.2) is 4.57 Å². The lowest BCUT2D eigenvalue weighted by Crippen LogP contribution is -2.30. The smallest absolute Gasteiger partial charge is 0.462 e. The highest BCUT2D eigenvalue weighted by Crippen LogP contribution is 2.43. The highest BCUT2D eigenvalue weighted by atomic mass is 31.2. The van der Waals surface area contributed by atoms with Crippen LogP contribution >= 0.6 is 7.82 Å². The van der Waals surface area contributed by atoms with Gasteiger partial charge in [-0.05, 0) is 116 Å². The van der Waals surface area contributed by atoms with E-state index in [9.17, 15) is 28.9 Å². The summed E-state index contributed by atoms with van der Waals surface area (Å²) in [4.78, 5) is 48.6. The fraction of sp³-hybridized carbons (Fsp3) is 0.734. The molecule has 0 aromatic heterocycles. The van der Waals surface area contributed by atoms with E-state index in [2.05, 4.69) is 106 Å². The minimum Gasteiger partial charge on any atom is -0.462 e. The van der Waals surface area contributed by atoms with Gasteiger partial charge in [-0.3, -0.25) is 23.4 Å². The molecule has 0 radical (unpaired) electrons. The largest absolute Gasteiger partial charge is 0.472 e. The molecule has 0 saturated carbocycles. The molecule has 0 saturated heterocycles. The van der Waals surface area contributed by atoms with Crippen LogP contribution in [0.4, 0.5) is 0 Å². The summed E-state index contributed by atoms with van der Waals surface area (Å²) < 4.78 is 39.6. The molecule has 438 valence electrons. The van der Waals surface area contributed by atoms with Gasteiger partial charge in [0.1, 0.15) is 12.7 Å². The number of carbonyl (C=O) groups excluding carboxylic acids is 3. The van der Waals surface area contributed by atoms with Gasteiger partial charge in [0.2, 0.25) is 0 Å². The number of phosphoric ester groups is 1. The van der Waals surface area contributed by atoms with Crippen LogP contribution in [0.3, 0.4) is 0 Å². The molecule has 0 heterocycles. The summed E-state index contributed by atoms with van der Waals surface area (Å²) in [6, 6.07) is 0. The molecule has 12 heteroatoms. The Morgan fingerprint density at radius 3 is 1.05 bits per heavy atom. The normalized spacial score (nSPS) is 13.9. The Kier molecular flexibility index (Phi) is 55.3. The molecule has 76 heavy (non-hydrogen) atoms. The number of ether oxygens (including phenoxy) is 3. The van der Waals surface area contributed by atoms with E-state index >= 15 is 0 Å². The highest BCUT2D eigenvalue weighted by Gasteiger charge is 2.28. The lowest BCUT2D eigenvalue weighted by atomic mass is 10.1. The van der Waals surface area contributed by atoms with Crippen molar-refractivity contribution in [2.45, 2.75) is 277 Å².